The molecule has 0 saturated carbocycles. The summed E-state index contributed by atoms with van der Waals surface area (Å²) in [6, 6.07) is 0. The molecule has 0 aromatic carbocycles. The van der Waals surface area contributed by atoms with E-state index in [-0.39, 0.29) is 19.4 Å². The predicted octanol–water partition coefficient (Wildman–Crippen LogP) is 7.04. The second kappa shape index (κ2) is 39.6. The lowest BCUT2D eigenvalue weighted by Gasteiger charge is -2.42. The van der Waals surface area contributed by atoms with Gasteiger partial charge < -0.3 is 64.2 Å². The quantitative estimate of drug-likeness (QED) is 0.0187. The molecule has 2 aliphatic rings. The number of carbonyl (C=O) groups is 2. The highest BCUT2D eigenvalue weighted by atomic mass is 16.7. The van der Waals surface area contributed by atoms with E-state index in [1.807, 2.05) is 0 Å². The Kier molecular flexibility index (Phi) is 35.6. The summed E-state index contributed by atoms with van der Waals surface area (Å²) in [6.07, 6.45) is 29.3. The van der Waals surface area contributed by atoms with E-state index in [0.717, 1.165) is 116 Å². The number of rotatable bonds is 38. The van der Waals surface area contributed by atoms with Crippen LogP contribution in [-0.2, 0) is 38.0 Å². The summed E-state index contributed by atoms with van der Waals surface area (Å²) >= 11 is 0. The van der Waals surface area contributed by atoms with E-state index in [9.17, 15) is 45.3 Å². The number of ether oxygens (including phenoxy) is 6. The number of aliphatic hydroxyl groups excluding tert-OH is 7. The Morgan fingerprint density at radius 2 is 0.926 bits per heavy atom. The topological polar surface area (TPSA) is 231 Å². The molecule has 11 unspecified atom stereocenters. The van der Waals surface area contributed by atoms with Crippen molar-refractivity contribution in [2.75, 3.05) is 26.4 Å². The maximum atomic E-state index is 13.0. The molecule has 0 aliphatic carbocycles. The van der Waals surface area contributed by atoms with Gasteiger partial charge in [0.25, 0.3) is 0 Å². The van der Waals surface area contributed by atoms with Crippen molar-refractivity contribution in [3.63, 3.8) is 0 Å². The number of esters is 2. The van der Waals surface area contributed by atoms with E-state index in [2.05, 4.69) is 86.8 Å². The molecule has 0 amide bonds. The average Bonchev–Trinajstić information content (AvgIpc) is 3.33. The van der Waals surface area contributed by atoms with Gasteiger partial charge in [0.2, 0.25) is 0 Å². The van der Waals surface area contributed by atoms with E-state index in [1.54, 1.807) is 0 Å². The van der Waals surface area contributed by atoms with Gasteiger partial charge in [-0.1, -0.05) is 138 Å². The first kappa shape index (κ1) is 61.1. The van der Waals surface area contributed by atoms with Crippen molar-refractivity contribution < 1.29 is 73.8 Å². The molecule has 0 bridgehead atoms. The van der Waals surface area contributed by atoms with Crippen LogP contribution in [0.2, 0.25) is 0 Å². The van der Waals surface area contributed by atoms with Crippen LogP contribution in [0.5, 0.6) is 0 Å². The van der Waals surface area contributed by atoms with Crippen LogP contribution < -0.4 is 0 Å². The minimum absolute atomic E-state index is 0.142. The molecular formula is C53H88O15. The highest BCUT2D eigenvalue weighted by molar-refractivity contribution is 5.70. The van der Waals surface area contributed by atoms with Gasteiger partial charge in [-0.3, -0.25) is 9.59 Å². The third-order valence-electron chi connectivity index (χ3n) is 11.6. The summed E-state index contributed by atoms with van der Waals surface area (Å²) in [7, 11) is 0. The van der Waals surface area contributed by atoms with E-state index in [1.165, 1.54) is 0 Å². The fourth-order valence-electron chi connectivity index (χ4n) is 7.48. The van der Waals surface area contributed by atoms with E-state index in [4.69, 9.17) is 28.4 Å². The Bertz CT molecular complexity index is 1460. The van der Waals surface area contributed by atoms with Crippen molar-refractivity contribution in [3.05, 3.63) is 72.9 Å². The molecule has 0 aromatic heterocycles. The minimum Gasteiger partial charge on any atom is -0.462 e. The van der Waals surface area contributed by atoms with Crippen LogP contribution in [0, 0.1) is 0 Å². The fraction of sp³-hybridized carbons (Fsp3) is 0.736. The summed E-state index contributed by atoms with van der Waals surface area (Å²) in [5, 5.41) is 72.1. The molecular weight excluding hydrogens is 877 g/mol. The van der Waals surface area contributed by atoms with Gasteiger partial charge in [-0.25, -0.2) is 0 Å². The van der Waals surface area contributed by atoms with E-state index in [0.29, 0.717) is 12.8 Å². The molecule has 2 heterocycles. The Morgan fingerprint density at radius 3 is 1.46 bits per heavy atom. The molecule has 390 valence electrons. The summed E-state index contributed by atoms with van der Waals surface area (Å²) in [5.74, 6) is -0.965. The maximum absolute atomic E-state index is 13.0. The van der Waals surface area contributed by atoms with E-state index >= 15 is 0 Å². The molecule has 2 aliphatic heterocycles. The number of carbonyl (C=O) groups excluding carboxylic acids is 2. The molecule has 0 aromatic rings. The van der Waals surface area contributed by atoms with Crippen molar-refractivity contribution in [3.8, 4) is 0 Å². The van der Waals surface area contributed by atoms with Crippen LogP contribution >= 0.6 is 0 Å². The molecule has 15 nitrogen and oxygen atoms in total. The summed E-state index contributed by atoms with van der Waals surface area (Å²) in [5.41, 5.74) is 0. The third-order valence-corrected chi connectivity index (χ3v) is 11.6. The van der Waals surface area contributed by atoms with Crippen molar-refractivity contribution >= 4 is 11.9 Å². The maximum Gasteiger partial charge on any atom is 0.306 e. The summed E-state index contributed by atoms with van der Waals surface area (Å²) < 4.78 is 33.5. The SMILES string of the molecule is CC/C=C\C/C=C\C/C=C\C/C=C\CCCCCCCCC(=O)OC(COC(=O)CCCCCCC/C=C\C/C=C\CCC)COC1OC(COC2OC(CO)C(O)C(O)C2O)C(O)C(O)C1O. The first-order valence-electron chi connectivity index (χ1n) is 25.5. The predicted molar refractivity (Wildman–Crippen MR) is 261 cm³/mol. The molecule has 68 heavy (non-hydrogen) atoms. The van der Waals surface area contributed by atoms with Gasteiger partial charge in [0.05, 0.1) is 19.8 Å². The zero-order chi connectivity index (χ0) is 49.6. The second-order valence-corrected chi connectivity index (χ2v) is 17.6. The largest absolute Gasteiger partial charge is 0.462 e. The number of allylic oxidation sites excluding steroid dienone is 12. The number of hydrogen-bond acceptors (Lipinski definition) is 15. The van der Waals surface area contributed by atoms with Crippen LogP contribution in [0.15, 0.2) is 72.9 Å². The monoisotopic (exact) mass is 965 g/mol. The smallest absolute Gasteiger partial charge is 0.306 e. The third kappa shape index (κ3) is 27.4. The van der Waals surface area contributed by atoms with Crippen molar-refractivity contribution in [1.29, 1.82) is 0 Å². The van der Waals surface area contributed by atoms with Gasteiger partial charge in [-0.05, 0) is 77.0 Å². The van der Waals surface area contributed by atoms with Crippen LogP contribution in [0.25, 0.3) is 0 Å². The van der Waals surface area contributed by atoms with Crippen LogP contribution in [0.4, 0.5) is 0 Å². The summed E-state index contributed by atoms with van der Waals surface area (Å²) in [4.78, 5) is 25.7. The highest BCUT2D eigenvalue weighted by Crippen LogP contribution is 2.26. The lowest BCUT2D eigenvalue weighted by Crippen LogP contribution is -2.61. The van der Waals surface area contributed by atoms with Gasteiger partial charge in [0.1, 0.15) is 55.4 Å². The normalized spacial score (nSPS) is 26.4. The minimum atomic E-state index is -1.77. The van der Waals surface area contributed by atoms with Crippen LogP contribution in [0.1, 0.15) is 155 Å². The average molecular weight is 965 g/mol. The lowest BCUT2D eigenvalue weighted by atomic mass is 9.98. The highest BCUT2D eigenvalue weighted by Gasteiger charge is 2.47. The molecule has 2 saturated heterocycles. The Morgan fingerprint density at radius 1 is 0.485 bits per heavy atom. The van der Waals surface area contributed by atoms with Gasteiger partial charge >= 0.3 is 11.9 Å². The standard InChI is InChI=1S/C53H88O15/c1-3-5-7-9-11-13-15-17-18-19-20-21-22-24-26-28-30-32-34-36-45(56)66-41(38-63-44(55)35-33-31-29-27-25-23-16-14-12-10-8-6-4-2)39-64-52-51(62)49(60)47(58)43(68-52)40-65-53-50(61)48(59)46(57)42(37-54)67-53/h5,7-8,10-11,13-14,16-18,20-21,41-43,46-54,57-62H,3-4,6,9,12,15,19,22-40H2,1-2H3/b7-5-,10-8-,13-11-,16-14-,18-17-,21-20-. The van der Waals surface area contributed by atoms with Crippen molar-refractivity contribution in [2.24, 2.45) is 0 Å². The molecule has 15 heteroatoms. The van der Waals surface area contributed by atoms with Gasteiger partial charge in [0.15, 0.2) is 18.7 Å². The summed E-state index contributed by atoms with van der Waals surface area (Å²) in [6.45, 7) is 2.36. The molecule has 11 atom stereocenters. The second-order valence-electron chi connectivity index (χ2n) is 17.6. The molecule has 7 N–H and O–H groups in total. The van der Waals surface area contributed by atoms with Gasteiger partial charge in [-0.2, -0.15) is 0 Å². The molecule has 2 fully saturated rings. The first-order chi connectivity index (χ1) is 33.0. The Hall–Kier alpha value is -3.06. The first-order valence-corrected chi connectivity index (χ1v) is 25.5. The fourth-order valence-corrected chi connectivity index (χ4v) is 7.48. The van der Waals surface area contributed by atoms with Crippen molar-refractivity contribution in [2.45, 2.75) is 223 Å². The van der Waals surface area contributed by atoms with Gasteiger partial charge in [-0.15, -0.1) is 0 Å². The van der Waals surface area contributed by atoms with Crippen LogP contribution in [0.3, 0.4) is 0 Å². The Labute approximate surface area is 406 Å². The Balaban J connectivity index is 1.82. The number of unbranched alkanes of at least 4 members (excludes halogenated alkanes) is 12. The van der Waals surface area contributed by atoms with E-state index < -0.39 is 99.3 Å². The van der Waals surface area contributed by atoms with Crippen LogP contribution in [-0.4, -0.2) is 142 Å². The number of aliphatic hydroxyl groups is 7. The zero-order valence-corrected chi connectivity index (χ0v) is 41.1. The van der Waals surface area contributed by atoms with Gasteiger partial charge in [0, 0.05) is 12.8 Å². The zero-order valence-electron chi connectivity index (χ0n) is 41.1. The number of hydrogen-bond donors (Lipinski definition) is 7. The van der Waals surface area contributed by atoms with Crippen molar-refractivity contribution in [1.82, 2.24) is 0 Å². The molecule has 2 rings (SSSR count). The molecule has 0 spiro atoms. The molecule has 0 radical (unpaired) electrons. The lowest BCUT2D eigenvalue weighted by molar-refractivity contribution is -0.332.